The molecule has 2 rings (SSSR count). The number of halogens is 1. The molecule has 1 atom stereocenters. The van der Waals surface area contributed by atoms with Crippen molar-refractivity contribution in [2.45, 2.75) is 28.7 Å². The van der Waals surface area contributed by atoms with E-state index in [2.05, 4.69) is 10.0 Å². The molecule has 1 aromatic rings. The van der Waals surface area contributed by atoms with E-state index in [1.807, 2.05) is 0 Å². The average Bonchev–Trinajstić information content (AvgIpc) is 2.88. The maximum atomic E-state index is 12.3. The van der Waals surface area contributed by atoms with E-state index in [0.717, 1.165) is 31.7 Å². The molecule has 0 radical (unpaired) electrons. The van der Waals surface area contributed by atoms with Gasteiger partial charge in [0.1, 0.15) is 4.90 Å². The number of hydrogen-bond donors (Lipinski definition) is 2. The Kier molecular flexibility index (Phi) is 4.94. The Balaban J connectivity index is 2.26. The lowest BCUT2D eigenvalue weighted by molar-refractivity contribution is 0.551. The van der Waals surface area contributed by atoms with Crippen molar-refractivity contribution in [3.63, 3.8) is 0 Å². The average molecular weight is 353 g/mol. The molecular weight excluding hydrogens is 336 g/mol. The first-order valence-electron chi connectivity index (χ1n) is 6.43. The molecule has 0 saturated carbocycles. The van der Waals surface area contributed by atoms with E-state index in [1.54, 1.807) is 0 Å². The van der Waals surface area contributed by atoms with Crippen LogP contribution in [0.5, 0.6) is 0 Å². The van der Waals surface area contributed by atoms with Crippen LogP contribution < -0.4 is 10.0 Å². The van der Waals surface area contributed by atoms with Crippen molar-refractivity contribution in [2.75, 3.05) is 19.3 Å². The lowest BCUT2D eigenvalue weighted by Gasteiger charge is -2.13. The molecule has 1 saturated heterocycles. The highest BCUT2D eigenvalue weighted by Gasteiger charge is 2.23. The van der Waals surface area contributed by atoms with Gasteiger partial charge in [-0.1, -0.05) is 11.6 Å². The summed E-state index contributed by atoms with van der Waals surface area (Å²) in [7, 11) is -7.34. The second-order valence-electron chi connectivity index (χ2n) is 5.01. The Morgan fingerprint density at radius 3 is 2.62 bits per heavy atom. The second-order valence-corrected chi connectivity index (χ2v) is 9.17. The molecule has 1 aliphatic heterocycles. The summed E-state index contributed by atoms with van der Waals surface area (Å²) >= 11 is 5.90. The minimum atomic E-state index is -3.85. The molecule has 2 N–H and O–H groups in total. The molecule has 9 heteroatoms. The Hall–Kier alpha value is -0.670. The van der Waals surface area contributed by atoms with Crippen LogP contribution in [-0.2, 0) is 19.9 Å². The smallest absolute Gasteiger partial charge is 0.242 e. The zero-order chi connectivity index (χ0) is 15.7. The van der Waals surface area contributed by atoms with Gasteiger partial charge in [0.2, 0.25) is 10.0 Å². The summed E-state index contributed by atoms with van der Waals surface area (Å²) in [5.74, 6) is 0. The van der Waals surface area contributed by atoms with Crippen LogP contribution in [0.1, 0.15) is 12.8 Å². The fraction of sp³-hybridized carbons (Fsp3) is 0.500. The van der Waals surface area contributed by atoms with Crippen LogP contribution in [0.3, 0.4) is 0 Å². The minimum absolute atomic E-state index is 0.00530. The monoisotopic (exact) mass is 352 g/mol. The molecule has 0 aromatic heterocycles. The number of sulfonamides is 1. The molecule has 1 heterocycles. The van der Waals surface area contributed by atoms with Crippen LogP contribution in [0.2, 0.25) is 5.02 Å². The molecule has 0 aliphatic carbocycles. The first kappa shape index (κ1) is 16.7. The van der Waals surface area contributed by atoms with E-state index in [9.17, 15) is 16.8 Å². The van der Waals surface area contributed by atoms with Crippen molar-refractivity contribution in [3.05, 3.63) is 23.2 Å². The molecule has 21 heavy (non-hydrogen) atoms. The largest absolute Gasteiger partial charge is 0.313 e. The number of rotatable bonds is 5. The van der Waals surface area contributed by atoms with E-state index in [4.69, 9.17) is 11.6 Å². The summed E-state index contributed by atoms with van der Waals surface area (Å²) in [6.45, 7) is 1.12. The van der Waals surface area contributed by atoms with Gasteiger partial charge in [0, 0.05) is 18.8 Å². The first-order valence-corrected chi connectivity index (χ1v) is 10.2. The molecular formula is C12H17ClN2O4S2. The van der Waals surface area contributed by atoms with Crippen molar-refractivity contribution in [1.82, 2.24) is 10.0 Å². The molecule has 6 nitrogen and oxygen atoms in total. The Morgan fingerprint density at radius 1 is 1.33 bits per heavy atom. The van der Waals surface area contributed by atoms with Crippen molar-refractivity contribution in [2.24, 2.45) is 0 Å². The van der Waals surface area contributed by atoms with Gasteiger partial charge < -0.3 is 5.32 Å². The van der Waals surface area contributed by atoms with Gasteiger partial charge in [0.05, 0.1) is 9.92 Å². The number of hydrogen-bond acceptors (Lipinski definition) is 5. The van der Waals surface area contributed by atoms with Crippen LogP contribution >= 0.6 is 11.6 Å². The van der Waals surface area contributed by atoms with Gasteiger partial charge in [-0.05, 0) is 37.6 Å². The molecule has 118 valence electrons. The zero-order valence-electron chi connectivity index (χ0n) is 11.5. The third-order valence-corrected chi connectivity index (χ3v) is 6.32. The van der Waals surface area contributed by atoms with Gasteiger partial charge >= 0.3 is 0 Å². The van der Waals surface area contributed by atoms with Crippen molar-refractivity contribution < 1.29 is 16.8 Å². The predicted octanol–water partition coefficient (Wildman–Crippen LogP) is 0.774. The number of nitrogens with one attached hydrogen (secondary N) is 2. The first-order chi connectivity index (χ1) is 9.70. The molecule has 0 amide bonds. The topological polar surface area (TPSA) is 92.3 Å². The Bertz CT molecular complexity index is 726. The minimum Gasteiger partial charge on any atom is -0.313 e. The van der Waals surface area contributed by atoms with Gasteiger partial charge in [-0.2, -0.15) is 0 Å². The molecule has 0 bridgehead atoms. The number of benzene rings is 1. The van der Waals surface area contributed by atoms with E-state index in [-0.39, 0.29) is 27.4 Å². The maximum Gasteiger partial charge on any atom is 0.242 e. The molecule has 0 unspecified atom stereocenters. The zero-order valence-corrected chi connectivity index (χ0v) is 13.9. The standard InChI is InChI=1S/C12H17ClN2O4S2/c1-20(16,17)10-4-5-11(13)12(7-10)21(18,19)15-8-9-3-2-6-14-9/h4-5,7,9,14-15H,2-3,6,8H2,1H3/t9-/m1/s1. The van der Waals surface area contributed by atoms with E-state index < -0.39 is 19.9 Å². The normalized spacial score (nSPS) is 19.8. The third kappa shape index (κ3) is 4.17. The molecule has 1 aliphatic rings. The van der Waals surface area contributed by atoms with Crippen LogP contribution in [0.15, 0.2) is 28.0 Å². The highest BCUT2D eigenvalue weighted by atomic mass is 35.5. The van der Waals surface area contributed by atoms with Crippen LogP contribution in [0.4, 0.5) is 0 Å². The summed E-state index contributed by atoms with van der Waals surface area (Å²) in [6.07, 6.45) is 2.93. The van der Waals surface area contributed by atoms with Crippen molar-refractivity contribution >= 4 is 31.5 Å². The van der Waals surface area contributed by atoms with Gasteiger partial charge in [0.25, 0.3) is 0 Å². The summed E-state index contributed by atoms with van der Waals surface area (Å²) < 4.78 is 50.1. The summed E-state index contributed by atoms with van der Waals surface area (Å²) in [5.41, 5.74) is 0. The Morgan fingerprint density at radius 2 is 2.05 bits per heavy atom. The molecule has 0 spiro atoms. The van der Waals surface area contributed by atoms with E-state index in [1.165, 1.54) is 12.1 Å². The van der Waals surface area contributed by atoms with Crippen LogP contribution in [0, 0.1) is 0 Å². The fourth-order valence-corrected chi connectivity index (χ4v) is 4.47. The maximum absolute atomic E-state index is 12.3. The molecule has 1 aromatic carbocycles. The van der Waals surface area contributed by atoms with Crippen molar-refractivity contribution in [3.8, 4) is 0 Å². The van der Waals surface area contributed by atoms with Crippen LogP contribution in [-0.4, -0.2) is 42.2 Å². The highest BCUT2D eigenvalue weighted by molar-refractivity contribution is 7.91. The van der Waals surface area contributed by atoms with E-state index >= 15 is 0 Å². The predicted molar refractivity (Wildman–Crippen MR) is 80.8 cm³/mol. The molecule has 1 fully saturated rings. The SMILES string of the molecule is CS(=O)(=O)c1ccc(Cl)c(S(=O)(=O)NC[C@H]2CCCN2)c1. The lowest BCUT2D eigenvalue weighted by atomic mass is 10.2. The van der Waals surface area contributed by atoms with Gasteiger partial charge in [-0.3, -0.25) is 0 Å². The van der Waals surface area contributed by atoms with Gasteiger partial charge in [-0.15, -0.1) is 0 Å². The highest BCUT2D eigenvalue weighted by Crippen LogP contribution is 2.24. The third-order valence-electron chi connectivity index (χ3n) is 3.30. The fourth-order valence-electron chi connectivity index (χ4n) is 2.14. The van der Waals surface area contributed by atoms with E-state index in [0.29, 0.717) is 0 Å². The Labute approximate surface area is 129 Å². The van der Waals surface area contributed by atoms with Gasteiger partial charge in [-0.25, -0.2) is 21.6 Å². The van der Waals surface area contributed by atoms with Gasteiger partial charge in [0.15, 0.2) is 9.84 Å². The summed E-state index contributed by atoms with van der Waals surface area (Å²) in [6, 6.07) is 3.74. The van der Waals surface area contributed by atoms with Crippen molar-refractivity contribution in [1.29, 1.82) is 0 Å². The number of sulfone groups is 1. The lowest BCUT2D eigenvalue weighted by Crippen LogP contribution is -2.37. The quantitative estimate of drug-likeness (QED) is 0.816. The summed E-state index contributed by atoms with van der Waals surface area (Å²) in [5, 5.41) is 3.17. The second kappa shape index (κ2) is 6.21. The van der Waals surface area contributed by atoms with Crippen LogP contribution in [0.25, 0.3) is 0 Å². The summed E-state index contributed by atoms with van der Waals surface area (Å²) in [4.78, 5) is -0.295.